The van der Waals surface area contributed by atoms with Crippen molar-refractivity contribution in [1.29, 1.82) is 0 Å². The van der Waals surface area contributed by atoms with Gasteiger partial charge in [0.05, 0.1) is 6.10 Å². The Hall–Kier alpha value is -1.88. The third-order valence-electron chi connectivity index (χ3n) is 3.56. The molecule has 0 radical (unpaired) electrons. The molecule has 2 rings (SSSR count). The molecule has 20 heavy (non-hydrogen) atoms. The summed E-state index contributed by atoms with van der Waals surface area (Å²) in [7, 11) is 0. The van der Waals surface area contributed by atoms with Crippen molar-refractivity contribution in [2.45, 2.75) is 38.7 Å². The largest absolute Gasteiger partial charge is 0.481 e. The average Bonchev–Trinajstić information content (AvgIpc) is 2.36. The minimum Gasteiger partial charge on any atom is -0.481 e. The van der Waals surface area contributed by atoms with Crippen LogP contribution in [0.1, 0.15) is 43.4 Å². The lowest BCUT2D eigenvalue weighted by Gasteiger charge is -2.20. The van der Waals surface area contributed by atoms with Crippen LogP contribution in [0.2, 0.25) is 0 Å². The molecule has 1 aromatic rings. The van der Waals surface area contributed by atoms with E-state index in [4.69, 9.17) is 5.11 Å². The van der Waals surface area contributed by atoms with Crippen LogP contribution >= 0.6 is 0 Å². The van der Waals surface area contributed by atoms with E-state index in [1.54, 1.807) is 12.1 Å². The van der Waals surface area contributed by atoms with Gasteiger partial charge in [0.1, 0.15) is 0 Å². The van der Waals surface area contributed by atoms with Gasteiger partial charge in [-0.2, -0.15) is 0 Å². The molecule has 2 unspecified atom stereocenters. The maximum absolute atomic E-state index is 11.3. The molecule has 1 amide bonds. The summed E-state index contributed by atoms with van der Waals surface area (Å²) in [4.78, 5) is 21.9. The van der Waals surface area contributed by atoms with Crippen molar-refractivity contribution in [2.24, 2.45) is 5.92 Å². The van der Waals surface area contributed by atoms with E-state index >= 15 is 0 Å². The molecular formula is C15H19NO4. The summed E-state index contributed by atoms with van der Waals surface area (Å²) in [5.41, 5.74) is 2.60. The van der Waals surface area contributed by atoms with Crippen molar-refractivity contribution in [3.05, 3.63) is 29.3 Å². The lowest BCUT2D eigenvalue weighted by Crippen LogP contribution is -2.19. The quantitative estimate of drug-likeness (QED) is 0.769. The number of carboxylic acid groups (broad SMARTS) is 1. The summed E-state index contributed by atoms with van der Waals surface area (Å²) in [6.45, 7) is 1.82. The second-order valence-electron chi connectivity index (χ2n) is 5.42. The molecule has 0 spiro atoms. The topological polar surface area (TPSA) is 86.6 Å². The normalized spacial score (nSPS) is 17.0. The predicted molar refractivity (Wildman–Crippen MR) is 74.4 cm³/mol. The van der Waals surface area contributed by atoms with Crippen LogP contribution in [0.4, 0.5) is 5.69 Å². The van der Waals surface area contributed by atoms with E-state index in [0.717, 1.165) is 16.8 Å². The van der Waals surface area contributed by atoms with Crippen molar-refractivity contribution in [2.75, 3.05) is 5.32 Å². The Labute approximate surface area is 117 Å². The molecule has 0 bridgehead atoms. The predicted octanol–water partition coefficient (Wildman–Crippen LogP) is 2.11. The van der Waals surface area contributed by atoms with Crippen molar-refractivity contribution in [3.8, 4) is 0 Å². The third-order valence-corrected chi connectivity index (χ3v) is 3.56. The monoisotopic (exact) mass is 277 g/mol. The summed E-state index contributed by atoms with van der Waals surface area (Å²) in [6, 6.07) is 5.47. The number of aliphatic hydroxyl groups is 1. The molecule has 0 saturated heterocycles. The molecule has 0 aromatic heterocycles. The molecule has 2 atom stereocenters. The highest BCUT2D eigenvalue weighted by atomic mass is 16.4. The van der Waals surface area contributed by atoms with E-state index in [-0.39, 0.29) is 18.2 Å². The molecule has 0 aliphatic carbocycles. The lowest BCUT2D eigenvalue weighted by atomic mass is 9.93. The number of benzene rings is 1. The van der Waals surface area contributed by atoms with Crippen molar-refractivity contribution in [1.82, 2.24) is 0 Å². The van der Waals surface area contributed by atoms with E-state index in [1.165, 1.54) is 0 Å². The SMILES string of the molecule is CC(CC(=O)O)CC(O)c1ccc2c(c1)CCC(=O)N2. The number of hydrogen-bond acceptors (Lipinski definition) is 3. The van der Waals surface area contributed by atoms with Gasteiger partial charge in [-0.1, -0.05) is 19.1 Å². The van der Waals surface area contributed by atoms with Gasteiger partial charge in [0.25, 0.3) is 0 Å². The summed E-state index contributed by atoms with van der Waals surface area (Å²) in [5.74, 6) is -0.919. The van der Waals surface area contributed by atoms with Gasteiger partial charge in [0.2, 0.25) is 5.91 Å². The van der Waals surface area contributed by atoms with Crippen LogP contribution in [0.3, 0.4) is 0 Å². The zero-order valence-electron chi connectivity index (χ0n) is 11.4. The summed E-state index contributed by atoms with van der Waals surface area (Å²) in [5, 5.41) is 21.7. The van der Waals surface area contributed by atoms with Crippen LogP contribution in [0.15, 0.2) is 18.2 Å². The van der Waals surface area contributed by atoms with Crippen LogP contribution < -0.4 is 5.32 Å². The number of aryl methyl sites for hydroxylation is 1. The van der Waals surface area contributed by atoms with Gasteiger partial charge in [-0.15, -0.1) is 0 Å². The molecule has 0 fully saturated rings. The Kier molecular flexibility index (Phi) is 4.39. The van der Waals surface area contributed by atoms with Crippen molar-refractivity contribution in [3.63, 3.8) is 0 Å². The number of amides is 1. The van der Waals surface area contributed by atoms with Crippen molar-refractivity contribution >= 4 is 17.6 Å². The molecule has 1 aliphatic rings. The summed E-state index contributed by atoms with van der Waals surface area (Å²) >= 11 is 0. The molecule has 0 saturated carbocycles. The Morgan fingerprint density at radius 3 is 2.85 bits per heavy atom. The zero-order valence-corrected chi connectivity index (χ0v) is 11.4. The number of carbonyl (C=O) groups excluding carboxylic acids is 1. The highest BCUT2D eigenvalue weighted by Gasteiger charge is 2.19. The number of nitrogens with one attached hydrogen (secondary N) is 1. The standard InChI is InChI=1S/C15H19NO4/c1-9(7-15(19)20)6-13(17)11-2-4-12-10(8-11)3-5-14(18)16-12/h2,4,8-9,13,17H,3,5-7H2,1H3,(H,16,18)(H,19,20). The molecule has 5 heteroatoms. The number of rotatable bonds is 5. The van der Waals surface area contributed by atoms with E-state index in [2.05, 4.69) is 5.32 Å². The maximum Gasteiger partial charge on any atom is 0.303 e. The van der Waals surface area contributed by atoms with Crippen molar-refractivity contribution < 1.29 is 19.8 Å². The van der Waals surface area contributed by atoms with Gasteiger partial charge in [0, 0.05) is 18.5 Å². The molecule has 108 valence electrons. The van der Waals surface area contributed by atoms with E-state index in [0.29, 0.717) is 19.3 Å². The molecule has 1 heterocycles. The highest BCUT2D eigenvalue weighted by Crippen LogP contribution is 2.29. The maximum atomic E-state index is 11.3. The number of aliphatic hydroxyl groups excluding tert-OH is 1. The lowest BCUT2D eigenvalue weighted by molar-refractivity contribution is -0.138. The number of fused-ring (bicyclic) bond motifs is 1. The van der Waals surface area contributed by atoms with Crippen LogP contribution in [0, 0.1) is 5.92 Å². The van der Waals surface area contributed by atoms with E-state index < -0.39 is 12.1 Å². The number of anilines is 1. The van der Waals surface area contributed by atoms with E-state index in [1.807, 2.05) is 13.0 Å². The first kappa shape index (κ1) is 14.5. The molecule has 1 aromatic carbocycles. The molecule has 3 N–H and O–H groups in total. The van der Waals surface area contributed by atoms with Gasteiger partial charge in [-0.05, 0) is 36.0 Å². The number of hydrogen-bond donors (Lipinski definition) is 3. The Bertz CT molecular complexity index is 527. The molecule has 1 aliphatic heterocycles. The van der Waals surface area contributed by atoms with Crippen LogP contribution in [-0.2, 0) is 16.0 Å². The van der Waals surface area contributed by atoms with Crippen LogP contribution in [0.25, 0.3) is 0 Å². The second kappa shape index (κ2) is 6.05. The average molecular weight is 277 g/mol. The first-order valence-electron chi connectivity index (χ1n) is 6.78. The van der Waals surface area contributed by atoms with Gasteiger partial charge in [-0.3, -0.25) is 9.59 Å². The fourth-order valence-corrected chi connectivity index (χ4v) is 2.51. The first-order valence-corrected chi connectivity index (χ1v) is 6.78. The first-order chi connectivity index (χ1) is 9.45. The summed E-state index contributed by atoms with van der Waals surface area (Å²) in [6.07, 6.45) is 0.927. The fourth-order valence-electron chi connectivity index (χ4n) is 2.51. The number of carboxylic acids is 1. The smallest absolute Gasteiger partial charge is 0.303 e. The third kappa shape index (κ3) is 3.57. The fraction of sp³-hybridized carbons (Fsp3) is 0.467. The van der Waals surface area contributed by atoms with Crippen LogP contribution in [-0.4, -0.2) is 22.1 Å². The van der Waals surface area contributed by atoms with Gasteiger partial charge < -0.3 is 15.5 Å². The van der Waals surface area contributed by atoms with Gasteiger partial charge in [0.15, 0.2) is 0 Å². The molecular weight excluding hydrogens is 258 g/mol. The summed E-state index contributed by atoms with van der Waals surface area (Å²) < 4.78 is 0. The number of aliphatic carboxylic acids is 1. The highest BCUT2D eigenvalue weighted by molar-refractivity contribution is 5.93. The van der Waals surface area contributed by atoms with Crippen LogP contribution in [0.5, 0.6) is 0 Å². The van der Waals surface area contributed by atoms with Gasteiger partial charge >= 0.3 is 5.97 Å². The second-order valence-corrected chi connectivity index (χ2v) is 5.42. The minimum absolute atomic E-state index is 0.0147. The number of carbonyl (C=O) groups is 2. The Balaban J connectivity index is 2.05. The van der Waals surface area contributed by atoms with E-state index in [9.17, 15) is 14.7 Å². The van der Waals surface area contributed by atoms with Gasteiger partial charge in [-0.25, -0.2) is 0 Å². The Morgan fingerprint density at radius 2 is 2.15 bits per heavy atom. The Morgan fingerprint density at radius 1 is 1.40 bits per heavy atom. The minimum atomic E-state index is -0.849. The zero-order chi connectivity index (χ0) is 14.7. The molecule has 5 nitrogen and oxygen atoms in total.